The van der Waals surface area contributed by atoms with Crippen LogP contribution in [0.1, 0.15) is 57.2 Å². The zero-order chi connectivity index (χ0) is 26.3. The highest BCUT2D eigenvalue weighted by molar-refractivity contribution is 5.68. The maximum absolute atomic E-state index is 10.6. The van der Waals surface area contributed by atoms with E-state index < -0.39 is 5.60 Å². The van der Waals surface area contributed by atoms with Crippen molar-refractivity contribution in [3.8, 4) is 17.2 Å². The minimum atomic E-state index is -0.884. The van der Waals surface area contributed by atoms with Crippen molar-refractivity contribution in [1.82, 2.24) is 15.3 Å². The van der Waals surface area contributed by atoms with E-state index in [1.54, 1.807) is 0 Å². The fourth-order valence-electron chi connectivity index (χ4n) is 6.63. The molecule has 38 heavy (non-hydrogen) atoms. The van der Waals surface area contributed by atoms with Crippen LogP contribution in [0.2, 0.25) is 0 Å². The molecule has 3 aliphatic rings. The maximum Gasteiger partial charge on any atom is 0.140 e. The minimum absolute atomic E-state index is 0.322. The second-order valence-electron chi connectivity index (χ2n) is 11.5. The third-order valence-electron chi connectivity index (χ3n) is 8.59. The Morgan fingerprint density at radius 2 is 1.79 bits per heavy atom. The SMILES string of the molecule is CC(C)(O)c1cccc(-c2ccnc(N3C4CCN(c5ccc(C#N)nc5)C[C@H]4N[C@@H]4CCCC[C@H]43)c2)c1. The Morgan fingerprint density at radius 3 is 2.58 bits per heavy atom. The molecule has 2 N–H and O–H groups in total. The number of piperazine rings is 1. The maximum atomic E-state index is 10.6. The smallest absolute Gasteiger partial charge is 0.140 e. The average molecular weight is 509 g/mol. The number of anilines is 2. The number of benzene rings is 1. The fraction of sp³-hybridized carbons (Fsp3) is 0.452. The lowest BCUT2D eigenvalue weighted by Gasteiger charge is -2.56. The largest absolute Gasteiger partial charge is 0.386 e. The molecular weight excluding hydrogens is 472 g/mol. The summed E-state index contributed by atoms with van der Waals surface area (Å²) >= 11 is 0. The van der Waals surface area contributed by atoms with Crippen LogP contribution in [0.4, 0.5) is 11.5 Å². The van der Waals surface area contributed by atoms with Crippen LogP contribution in [-0.2, 0) is 5.60 Å². The lowest BCUT2D eigenvalue weighted by molar-refractivity contribution is 0.0786. The summed E-state index contributed by atoms with van der Waals surface area (Å²) in [6.07, 6.45) is 9.69. The van der Waals surface area contributed by atoms with Crippen molar-refractivity contribution in [2.75, 3.05) is 22.9 Å². The Morgan fingerprint density at radius 1 is 0.974 bits per heavy atom. The molecule has 2 saturated heterocycles. The van der Waals surface area contributed by atoms with E-state index in [0.29, 0.717) is 29.9 Å². The number of aromatic nitrogens is 2. The predicted octanol–water partition coefficient (Wildman–Crippen LogP) is 4.61. The van der Waals surface area contributed by atoms with Crippen molar-refractivity contribution >= 4 is 11.5 Å². The normalized spacial score (nSPS) is 25.3. The molecule has 7 nitrogen and oxygen atoms in total. The summed E-state index contributed by atoms with van der Waals surface area (Å²) in [5, 5.41) is 23.7. The predicted molar refractivity (Wildman–Crippen MR) is 150 cm³/mol. The summed E-state index contributed by atoms with van der Waals surface area (Å²) in [6.45, 7) is 5.51. The minimum Gasteiger partial charge on any atom is -0.386 e. The topological polar surface area (TPSA) is 88.3 Å². The Balaban J connectivity index is 1.31. The molecular formula is C31H36N6O. The molecule has 1 aliphatic carbocycles. The average Bonchev–Trinajstić information content (AvgIpc) is 2.95. The number of hydrogen-bond donors (Lipinski definition) is 2. The van der Waals surface area contributed by atoms with Crippen LogP contribution in [0.5, 0.6) is 0 Å². The first-order chi connectivity index (χ1) is 18.4. The van der Waals surface area contributed by atoms with Crippen LogP contribution < -0.4 is 15.1 Å². The number of hydrogen-bond acceptors (Lipinski definition) is 7. The van der Waals surface area contributed by atoms with Gasteiger partial charge in [0, 0.05) is 43.5 Å². The molecule has 1 aromatic carbocycles. The number of pyridine rings is 2. The van der Waals surface area contributed by atoms with Crippen LogP contribution in [0.3, 0.4) is 0 Å². The molecule has 1 saturated carbocycles. The van der Waals surface area contributed by atoms with Gasteiger partial charge in [0.15, 0.2) is 0 Å². The van der Waals surface area contributed by atoms with Gasteiger partial charge in [0.2, 0.25) is 0 Å². The van der Waals surface area contributed by atoms with Gasteiger partial charge < -0.3 is 20.2 Å². The van der Waals surface area contributed by atoms with Gasteiger partial charge in [0.25, 0.3) is 0 Å². The quantitative estimate of drug-likeness (QED) is 0.532. The number of nitriles is 1. The summed E-state index contributed by atoms with van der Waals surface area (Å²) in [5.74, 6) is 1.05. The first kappa shape index (κ1) is 24.8. The van der Waals surface area contributed by atoms with E-state index >= 15 is 0 Å². The summed E-state index contributed by atoms with van der Waals surface area (Å²) in [4.78, 5) is 14.3. The molecule has 196 valence electrons. The molecule has 3 aromatic rings. The first-order valence-electron chi connectivity index (χ1n) is 13.9. The molecule has 0 bridgehead atoms. The molecule has 3 fully saturated rings. The van der Waals surface area contributed by atoms with E-state index in [0.717, 1.165) is 47.7 Å². The van der Waals surface area contributed by atoms with Gasteiger partial charge in [-0.15, -0.1) is 0 Å². The van der Waals surface area contributed by atoms with E-state index in [9.17, 15) is 5.11 Å². The molecule has 0 amide bonds. The van der Waals surface area contributed by atoms with Gasteiger partial charge >= 0.3 is 0 Å². The number of piperidine rings is 1. The summed E-state index contributed by atoms with van der Waals surface area (Å²) in [6, 6.07) is 20.0. The van der Waals surface area contributed by atoms with Crippen LogP contribution in [0.25, 0.3) is 11.1 Å². The van der Waals surface area contributed by atoms with Crippen molar-refractivity contribution in [2.45, 2.75) is 75.7 Å². The highest BCUT2D eigenvalue weighted by Crippen LogP contribution is 2.38. The van der Waals surface area contributed by atoms with Crippen molar-refractivity contribution in [3.63, 3.8) is 0 Å². The molecule has 1 unspecified atom stereocenters. The van der Waals surface area contributed by atoms with Crippen LogP contribution in [-0.4, -0.2) is 52.3 Å². The summed E-state index contributed by atoms with van der Waals surface area (Å²) in [5.41, 5.74) is 3.79. The van der Waals surface area contributed by atoms with Crippen molar-refractivity contribution in [3.05, 3.63) is 72.2 Å². The van der Waals surface area contributed by atoms with E-state index in [2.05, 4.69) is 50.4 Å². The Labute approximate surface area is 225 Å². The van der Waals surface area contributed by atoms with Gasteiger partial charge in [-0.1, -0.05) is 31.0 Å². The fourth-order valence-corrected chi connectivity index (χ4v) is 6.63. The number of nitrogens with zero attached hydrogens (tertiary/aromatic N) is 5. The number of aliphatic hydroxyl groups is 1. The highest BCUT2D eigenvalue weighted by atomic mass is 16.3. The summed E-state index contributed by atoms with van der Waals surface area (Å²) in [7, 11) is 0. The third-order valence-corrected chi connectivity index (χ3v) is 8.59. The van der Waals surface area contributed by atoms with Gasteiger partial charge in [0.05, 0.1) is 17.5 Å². The highest BCUT2D eigenvalue weighted by Gasteiger charge is 2.46. The number of fused-ring (bicyclic) bond motifs is 2. The lowest BCUT2D eigenvalue weighted by Crippen LogP contribution is -2.72. The van der Waals surface area contributed by atoms with E-state index in [1.807, 2.05) is 50.5 Å². The number of nitrogens with one attached hydrogen (secondary N) is 1. The molecule has 6 rings (SSSR count). The van der Waals surface area contributed by atoms with E-state index in [-0.39, 0.29) is 0 Å². The molecule has 2 aromatic heterocycles. The second-order valence-corrected chi connectivity index (χ2v) is 11.5. The third kappa shape index (κ3) is 4.75. The standard InChI is InChI=1S/C31H36N6O/c1-31(2,38)23-7-5-6-21(16-23)22-12-14-33-30(17-22)37-28-9-4-3-8-26(28)35-27-20-36(15-13-29(27)37)25-11-10-24(18-32)34-19-25/h5-7,10-12,14,16-17,19,26-29,35,38H,3-4,8-9,13,15,20H2,1-2H3/t26-,27-,28-,29?/m1/s1. The molecule has 4 heterocycles. The Hall–Kier alpha value is -3.47. The van der Waals surface area contributed by atoms with Gasteiger partial charge in [0.1, 0.15) is 17.6 Å². The molecule has 7 heteroatoms. The number of rotatable bonds is 4. The molecule has 0 radical (unpaired) electrons. The zero-order valence-electron chi connectivity index (χ0n) is 22.2. The molecule has 4 atom stereocenters. The van der Waals surface area contributed by atoms with E-state index in [4.69, 9.17) is 10.2 Å². The van der Waals surface area contributed by atoms with Crippen molar-refractivity contribution in [1.29, 1.82) is 5.26 Å². The van der Waals surface area contributed by atoms with E-state index in [1.165, 1.54) is 25.7 Å². The van der Waals surface area contributed by atoms with Gasteiger partial charge in [-0.25, -0.2) is 9.97 Å². The van der Waals surface area contributed by atoms with Crippen molar-refractivity contribution < 1.29 is 5.11 Å². The zero-order valence-corrected chi connectivity index (χ0v) is 22.2. The van der Waals surface area contributed by atoms with Gasteiger partial charge in [-0.05, 0) is 80.1 Å². The van der Waals surface area contributed by atoms with Crippen LogP contribution >= 0.6 is 0 Å². The van der Waals surface area contributed by atoms with Crippen LogP contribution in [0.15, 0.2) is 60.9 Å². The van der Waals surface area contributed by atoms with Crippen LogP contribution in [0, 0.1) is 11.3 Å². The monoisotopic (exact) mass is 508 g/mol. The Kier molecular flexibility index (Phi) is 6.55. The molecule has 0 spiro atoms. The van der Waals surface area contributed by atoms with Crippen molar-refractivity contribution in [2.24, 2.45) is 0 Å². The summed E-state index contributed by atoms with van der Waals surface area (Å²) < 4.78 is 0. The van der Waals surface area contributed by atoms with Gasteiger partial charge in [-0.3, -0.25) is 0 Å². The van der Waals surface area contributed by atoms with Gasteiger partial charge in [-0.2, -0.15) is 5.26 Å². The first-order valence-corrected chi connectivity index (χ1v) is 13.9. The Bertz CT molecular complexity index is 1330. The lowest BCUT2D eigenvalue weighted by atomic mass is 9.81. The second kappa shape index (κ2) is 10.0. The molecule has 2 aliphatic heterocycles.